The van der Waals surface area contributed by atoms with E-state index in [4.69, 9.17) is 9.29 Å². The van der Waals surface area contributed by atoms with Crippen LogP contribution in [0.1, 0.15) is 6.42 Å². The maximum Gasteiger partial charge on any atom is 0.264 e. The van der Waals surface area contributed by atoms with Crippen LogP contribution < -0.4 is 4.74 Å². The summed E-state index contributed by atoms with van der Waals surface area (Å²) in [5.74, 6) is 0.398. The number of benzene rings is 2. The second kappa shape index (κ2) is 6.54. The Kier molecular flexibility index (Phi) is 4.76. The van der Waals surface area contributed by atoms with Gasteiger partial charge in [0.25, 0.3) is 10.1 Å². The Morgan fingerprint density at radius 3 is 2.10 bits per heavy atom. The van der Waals surface area contributed by atoms with E-state index in [1.165, 1.54) is 0 Å². The van der Waals surface area contributed by atoms with Gasteiger partial charge >= 0.3 is 0 Å². The SMILES string of the molecule is O=S(=O)(O)CCCOc1ccc(-c2ccccc2)cc1. The van der Waals surface area contributed by atoms with Crippen molar-refractivity contribution < 1.29 is 17.7 Å². The third-order valence-corrected chi connectivity index (χ3v) is 3.58. The van der Waals surface area contributed by atoms with Crippen molar-refractivity contribution in [2.45, 2.75) is 6.42 Å². The van der Waals surface area contributed by atoms with E-state index < -0.39 is 10.1 Å². The Balaban J connectivity index is 1.89. The predicted octanol–water partition coefficient (Wildman–Crippen LogP) is 3.01. The molecular weight excluding hydrogens is 276 g/mol. The van der Waals surface area contributed by atoms with Crippen molar-refractivity contribution in [2.75, 3.05) is 12.4 Å². The molecule has 0 saturated carbocycles. The largest absolute Gasteiger partial charge is 0.494 e. The molecule has 0 aliphatic heterocycles. The maximum absolute atomic E-state index is 10.5. The quantitative estimate of drug-likeness (QED) is 0.656. The van der Waals surface area contributed by atoms with Gasteiger partial charge in [0.15, 0.2) is 0 Å². The Morgan fingerprint density at radius 1 is 0.900 bits per heavy atom. The summed E-state index contributed by atoms with van der Waals surface area (Å²) in [6, 6.07) is 17.6. The smallest absolute Gasteiger partial charge is 0.264 e. The van der Waals surface area contributed by atoms with Gasteiger partial charge in [0.1, 0.15) is 5.75 Å². The average Bonchev–Trinajstić information content (AvgIpc) is 2.44. The first kappa shape index (κ1) is 14.6. The van der Waals surface area contributed by atoms with Crippen molar-refractivity contribution in [3.63, 3.8) is 0 Å². The first-order chi connectivity index (χ1) is 9.54. The summed E-state index contributed by atoms with van der Waals surface area (Å²) in [7, 11) is -3.90. The van der Waals surface area contributed by atoms with Crippen molar-refractivity contribution in [2.24, 2.45) is 0 Å². The van der Waals surface area contributed by atoms with E-state index in [0.717, 1.165) is 11.1 Å². The van der Waals surface area contributed by atoms with Crippen molar-refractivity contribution in [1.29, 1.82) is 0 Å². The summed E-state index contributed by atoms with van der Waals surface area (Å²) < 4.78 is 35.1. The molecule has 20 heavy (non-hydrogen) atoms. The van der Waals surface area contributed by atoms with Gasteiger partial charge in [-0.05, 0) is 29.7 Å². The lowest BCUT2D eigenvalue weighted by Gasteiger charge is -2.07. The number of ether oxygens (including phenoxy) is 1. The summed E-state index contributed by atoms with van der Waals surface area (Å²) in [5.41, 5.74) is 2.22. The number of hydrogen-bond donors (Lipinski definition) is 1. The van der Waals surface area contributed by atoms with Crippen LogP contribution in [0.5, 0.6) is 5.75 Å². The Morgan fingerprint density at radius 2 is 1.50 bits per heavy atom. The molecule has 0 spiro atoms. The first-order valence-electron chi connectivity index (χ1n) is 6.28. The van der Waals surface area contributed by atoms with Crippen molar-refractivity contribution >= 4 is 10.1 Å². The fraction of sp³-hybridized carbons (Fsp3) is 0.200. The van der Waals surface area contributed by atoms with Crippen LogP contribution >= 0.6 is 0 Å². The molecule has 106 valence electrons. The molecule has 2 aromatic rings. The zero-order chi connectivity index (χ0) is 14.4. The van der Waals surface area contributed by atoms with E-state index in [1.807, 2.05) is 54.6 Å². The molecule has 0 heterocycles. The standard InChI is InChI=1S/C15H16O4S/c16-20(17,18)12-4-11-19-15-9-7-14(8-10-15)13-5-2-1-3-6-13/h1-3,5-10H,4,11-12H2,(H,16,17,18). The highest BCUT2D eigenvalue weighted by Gasteiger charge is 2.04. The fourth-order valence-electron chi connectivity index (χ4n) is 1.81. The first-order valence-corrected chi connectivity index (χ1v) is 7.89. The highest BCUT2D eigenvalue weighted by atomic mass is 32.2. The maximum atomic E-state index is 10.5. The molecule has 2 aromatic carbocycles. The van der Waals surface area contributed by atoms with Crippen LogP contribution in [0, 0.1) is 0 Å². The molecule has 0 aliphatic carbocycles. The van der Waals surface area contributed by atoms with Gasteiger partial charge < -0.3 is 4.74 Å². The summed E-state index contributed by atoms with van der Waals surface area (Å²) in [6.07, 6.45) is 0.263. The van der Waals surface area contributed by atoms with E-state index in [2.05, 4.69) is 0 Å². The van der Waals surface area contributed by atoms with Gasteiger partial charge in [-0.15, -0.1) is 0 Å². The minimum atomic E-state index is -3.90. The van der Waals surface area contributed by atoms with Crippen LogP contribution in [0.15, 0.2) is 54.6 Å². The zero-order valence-corrected chi connectivity index (χ0v) is 11.7. The van der Waals surface area contributed by atoms with E-state index in [-0.39, 0.29) is 18.8 Å². The second-order valence-electron chi connectivity index (χ2n) is 4.38. The molecule has 5 heteroatoms. The fourth-order valence-corrected chi connectivity index (χ4v) is 2.29. The minimum absolute atomic E-state index is 0.254. The topological polar surface area (TPSA) is 63.6 Å². The van der Waals surface area contributed by atoms with Gasteiger partial charge in [-0.2, -0.15) is 8.42 Å². The molecule has 0 bridgehead atoms. The van der Waals surface area contributed by atoms with Gasteiger partial charge in [-0.3, -0.25) is 4.55 Å². The highest BCUT2D eigenvalue weighted by molar-refractivity contribution is 7.85. The molecule has 0 saturated heterocycles. The molecule has 0 atom stereocenters. The van der Waals surface area contributed by atoms with Gasteiger partial charge in [0, 0.05) is 0 Å². The lowest BCUT2D eigenvalue weighted by Crippen LogP contribution is -2.08. The van der Waals surface area contributed by atoms with Crippen LogP contribution in [0.3, 0.4) is 0 Å². The van der Waals surface area contributed by atoms with Crippen LogP contribution in [-0.2, 0) is 10.1 Å². The normalized spacial score (nSPS) is 11.2. The monoisotopic (exact) mass is 292 g/mol. The molecule has 1 N–H and O–H groups in total. The van der Waals surface area contributed by atoms with Gasteiger partial charge in [0.05, 0.1) is 12.4 Å². The molecule has 0 aliphatic rings. The van der Waals surface area contributed by atoms with E-state index >= 15 is 0 Å². The molecule has 0 radical (unpaired) electrons. The van der Waals surface area contributed by atoms with Gasteiger partial charge in [-0.25, -0.2) is 0 Å². The zero-order valence-electron chi connectivity index (χ0n) is 10.9. The van der Waals surface area contributed by atoms with Crippen LogP contribution in [-0.4, -0.2) is 25.3 Å². The molecule has 0 unspecified atom stereocenters. The van der Waals surface area contributed by atoms with Gasteiger partial charge in [-0.1, -0.05) is 42.5 Å². The minimum Gasteiger partial charge on any atom is -0.494 e. The molecule has 0 fully saturated rings. The third kappa shape index (κ3) is 4.68. The van der Waals surface area contributed by atoms with Crippen molar-refractivity contribution in [1.82, 2.24) is 0 Å². The molecular formula is C15H16O4S. The second-order valence-corrected chi connectivity index (χ2v) is 5.95. The van der Waals surface area contributed by atoms with Gasteiger partial charge in [0.2, 0.25) is 0 Å². The number of hydrogen-bond acceptors (Lipinski definition) is 3. The predicted molar refractivity (Wildman–Crippen MR) is 78.4 cm³/mol. The third-order valence-electron chi connectivity index (χ3n) is 2.78. The molecule has 4 nitrogen and oxygen atoms in total. The summed E-state index contributed by atoms with van der Waals surface area (Å²) in [6.45, 7) is 0.254. The van der Waals surface area contributed by atoms with Crippen LogP contribution in [0.2, 0.25) is 0 Å². The van der Waals surface area contributed by atoms with Crippen LogP contribution in [0.4, 0.5) is 0 Å². The van der Waals surface area contributed by atoms with E-state index in [9.17, 15) is 8.42 Å². The van der Waals surface area contributed by atoms with Crippen molar-refractivity contribution in [3.8, 4) is 16.9 Å². The summed E-state index contributed by atoms with van der Waals surface area (Å²) >= 11 is 0. The lowest BCUT2D eigenvalue weighted by molar-refractivity contribution is 0.316. The van der Waals surface area contributed by atoms with Crippen LogP contribution in [0.25, 0.3) is 11.1 Å². The Hall–Kier alpha value is -1.85. The van der Waals surface area contributed by atoms with E-state index in [0.29, 0.717) is 5.75 Å². The lowest BCUT2D eigenvalue weighted by atomic mass is 10.1. The average molecular weight is 292 g/mol. The van der Waals surface area contributed by atoms with Crippen molar-refractivity contribution in [3.05, 3.63) is 54.6 Å². The summed E-state index contributed by atoms with van der Waals surface area (Å²) in [4.78, 5) is 0. The highest BCUT2D eigenvalue weighted by Crippen LogP contribution is 2.22. The molecule has 0 aromatic heterocycles. The Labute approximate surface area is 118 Å². The summed E-state index contributed by atoms with van der Waals surface area (Å²) in [5, 5.41) is 0. The van der Waals surface area contributed by atoms with E-state index in [1.54, 1.807) is 0 Å². The molecule has 0 amide bonds. The molecule has 2 rings (SSSR count). The Bertz CT molecular complexity index is 633. The number of rotatable bonds is 6.